The van der Waals surface area contributed by atoms with Gasteiger partial charge in [-0.05, 0) is 64.9 Å². The third-order valence-electron chi connectivity index (χ3n) is 9.00. The first-order valence-electron chi connectivity index (χ1n) is 16.3. The molecular weight excluding hydrogens is 671 g/mol. The third-order valence-corrected chi connectivity index (χ3v) is 11.2. The van der Waals surface area contributed by atoms with E-state index >= 15 is 0 Å². The first-order chi connectivity index (χ1) is 25.0. The van der Waals surface area contributed by atoms with Crippen molar-refractivity contribution in [3.8, 4) is 33.0 Å². The second-order valence-corrected chi connectivity index (χ2v) is 14.1. The van der Waals surface area contributed by atoms with Crippen LogP contribution in [-0.4, -0.2) is 37.2 Å². The van der Waals surface area contributed by atoms with Crippen molar-refractivity contribution in [3.63, 3.8) is 0 Å². The Morgan fingerprint density at radius 2 is 1.33 bits per heavy atom. The highest BCUT2D eigenvalue weighted by Gasteiger charge is 2.40. The molecular formula is C42H31N5O2S2. The van der Waals surface area contributed by atoms with Crippen molar-refractivity contribution in [2.45, 2.75) is 9.75 Å². The number of rotatable bonds is 9. The molecule has 5 aromatic carbocycles. The van der Waals surface area contributed by atoms with Crippen molar-refractivity contribution in [2.24, 2.45) is 0 Å². The Morgan fingerprint density at radius 3 is 1.90 bits per heavy atom. The molecule has 0 bridgehead atoms. The van der Waals surface area contributed by atoms with E-state index in [0.717, 1.165) is 60.5 Å². The zero-order valence-corrected chi connectivity index (χ0v) is 29.1. The maximum Gasteiger partial charge on any atom is 0.409 e. The second-order valence-electron chi connectivity index (χ2n) is 11.9. The average molecular weight is 702 g/mol. The largest absolute Gasteiger partial charge is 0.465 e. The Kier molecular flexibility index (Phi) is 8.65. The maximum absolute atomic E-state index is 11.4. The molecule has 0 aliphatic heterocycles. The van der Waals surface area contributed by atoms with Gasteiger partial charge in [-0.25, -0.2) is 14.8 Å². The summed E-state index contributed by atoms with van der Waals surface area (Å²) in [5, 5.41) is 18.2. The van der Waals surface area contributed by atoms with E-state index in [1.165, 1.54) is 4.21 Å². The van der Waals surface area contributed by atoms with Crippen LogP contribution in [0.2, 0.25) is 0 Å². The fraction of sp³-hybridized carbons (Fsp3) is 0.0476. The van der Waals surface area contributed by atoms with E-state index in [1.54, 1.807) is 41.6 Å². The van der Waals surface area contributed by atoms with Crippen LogP contribution in [0, 0.1) is 0 Å². The number of hydrogen-bond donors (Lipinski definition) is 2. The first-order valence-corrected chi connectivity index (χ1v) is 18.3. The lowest BCUT2D eigenvalue weighted by molar-refractivity contribution is 0.209. The lowest BCUT2D eigenvalue weighted by atomic mass is 9.77. The predicted molar refractivity (Wildman–Crippen MR) is 208 cm³/mol. The van der Waals surface area contributed by atoms with Crippen LogP contribution >= 0.6 is 23.1 Å². The van der Waals surface area contributed by atoms with E-state index in [2.05, 4.69) is 124 Å². The van der Waals surface area contributed by atoms with E-state index in [4.69, 9.17) is 10.1 Å². The number of hydrogen-bond acceptors (Lipinski definition) is 6. The highest BCUT2D eigenvalue weighted by Crippen LogP contribution is 2.44. The van der Waals surface area contributed by atoms with Gasteiger partial charge in [-0.1, -0.05) is 109 Å². The minimum absolute atomic E-state index is 0.479. The average Bonchev–Trinajstić information content (AvgIpc) is 3.85. The van der Waals surface area contributed by atoms with Gasteiger partial charge in [-0.3, -0.25) is 10.00 Å². The molecule has 1 amide bonds. The second kappa shape index (κ2) is 13.7. The molecule has 8 rings (SSSR count). The normalized spacial score (nSPS) is 11.5. The number of carbonyl (C=O) groups is 1. The van der Waals surface area contributed by atoms with Gasteiger partial charge in [-0.2, -0.15) is 5.10 Å². The van der Waals surface area contributed by atoms with Crippen molar-refractivity contribution in [1.82, 2.24) is 19.7 Å². The molecule has 2 N–H and O–H groups in total. The molecule has 9 heteroatoms. The van der Waals surface area contributed by atoms with E-state index in [-0.39, 0.29) is 0 Å². The number of amides is 1. The van der Waals surface area contributed by atoms with Crippen LogP contribution in [0.4, 0.5) is 10.5 Å². The maximum atomic E-state index is 11.4. The molecule has 248 valence electrons. The molecule has 0 fully saturated rings. The number of anilines is 1. The third kappa shape index (κ3) is 5.96. The number of nitrogens with one attached hydrogen (secondary N) is 1. The Balaban J connectivity index is 1.41. The fourth-order valence-corrected chi connectivity index (χ4v) is 8.27. The summed E-state index contributed by atoms with van der Waals surface area (Å²) in [5.41, 5.74) is 8.01. The highest BCUT2D eigenvalue weighted by atomic mass is 32.2. The van der Waals surface area contributed by atoms with Crippen LogP contribution in [0.5, 0.6) is 0 Å². The van der Waals surface area contributed by atoms with E-state index in [0.29, 0.717) is 5.69 Å². The molecule has 0 aliphatic rings. The van der Waals surface area contributed by atoms with Crippen LogP contribution in [0.1, 0.15) is 16.7 Å². The Labute approximate surface area is 303 Å². The number of fused-ring (bicyclic) bond motifs is 1. The Morgan fingerprint density at radius 1 is 0.725 bits per heavy atom. The number of carboxylic acid groups (broad SMARTS) is 1. The minimum Gasteiger partial charge on any atom is -0.465 e. The summed E-state index contributed by atoms with van der Waals surface area (Å²) in [6.07, 6.45) is 4.72. The molecule has 0 unspecified atom stereocenters. The molecule has 0 saturated carbocycles. The van der Waals surface area contributed by atoms with Crippen molar-refractivity contribution >= 4 is 45.8 Å². The van der Waals surface area contributed by atoms with Gasteiger partial charge >= 0.3 is 6.09 Å². The van der Waals surface area contributed by atoms with Gasteiger partial charge in [-0.15, -0.1) is 23.1 Å². The van der Waals surface area contributed by atoms with E-state index < -0.39 is 11.6 Å². The highest BCUT2D eigenvalue weighted by molar-refractivity contribution is 8.00. The van der Waals surface area contributed by atoms with Crippen molar-refractivity contribution in [1.29, 1.82) is 0 Å². The molecule has 3 aromatic heterocycles. The summed E-state index contributed by atoms with van der Waals surface area (Å²) in [7, 11) is 0. The van der Waals surface area contributed by atoms with E-state index in [1.807, 2.05) is 36.4 Å². The van der Waals surface area contributed by atoms with Gasteiger partial charge in [0.15, 0.2) is 0 Å². The molecule has 51 heavy (non-hydrogen) atoms. The summed E-state index contributed by atoms with van der Waals surface area (Å²) >= 11 is 3.44. The summed E-state index contributed by atoms with van der Waals surface area (Å²) in [5.74, 6) is 0. The van der Waals surface area contributed by atoms with Crippen LogP contribution in [0.3, 0.4) is 0 Å². The number of aromatic nitrogens is 4. The van der Waals surface area contributed by atoms with Crippen LogP contribution < -0.4 is 5.32 Å². The Hall–Kier alpha value is -6.03. The molecule has 7 nitrogen and oxygen atoms in total. The van der Waals surface area contributed by atoms with Crippen molar-refractivity contribution in [3.05, 3.63) is 175 Å². The molecule has 0 atom stereocenters. The number of thiophene rings is 1. The minimum atomic E-state index is -1.12. The zero-order chi connectivity index (χ0) is 34.8. The summed E-state index contributed by atoms with van der Waals surface area (Å²) in [6, 6.07) is 49.2. The van der Waals surface area contributed by atoms with Gasteiger partial charge in [0.25, 0.3) is 0 Å². The quantitative estimate of drug-likeness (QED) is 0.115. The van der Waals surface area contributed by atoms with Crippen molar-refractivity contribution in [2.75, 3.05) is 11.6 Å². The predicted octanol–water partition coefficient (Wildman–Crippen LogP) is 10.5. The summed E-state index contributed by atoms with van der Waals surface area (Å²) in [4.78, 5) is 21.9. The number of thioether (sulfide) groups is 1. The monoisotopic (exact) mass is 701 g/mol. The van der Waals surface area contributed by atoms with Gasteiger partial charge < -0.3 is 5.11 Å². The molecule has 0 aliphatic carbocycles. The first kappa shape index (κ1) is 32.2. The summed E-state index contributed by atoms with van der Waals surface area (Å²) < 4.78 is 3.30. The molecule has 8 aromatic rings. The molecule has 0 radical (unpaired) electrons. The lowest BCUT2D eigenvalue weighted by Crippen LogP contribution is -2.38. The fourth-order valence-electron chi connectivity index (χ4n) is 6.72. The lowest BCUT2D eigenvalue weighted by Gasteiger charge is -2.36. The molecule has 3 heterocycles. The van der Waals surface area contributed by atoms with Crippen LogP contribution in [0.15, 0.2) is 162 Å². The Bertz CT molecular complexity index is 2370. The topological polar surface area (TPSA) is 92.9 Å². The van der Waals surface area contributed by atoms with Crippen LogP contribution in [-0.2, 0) is 5.54 Å². The standard InChI is InChI=1S/C42H31N5O2S2/c1-50-38-24-23-37(51-38)40-34-25-29(19-22-36(34)43-27-44-40)35-26-47(46-39(35)28-17-20-33(21-18-28)45-41(48)49)42(30-11-5-2-6-12-30,31-13-7-3-8-14-31)32-15-9-4-10-16-32/h2-27,45H,1H3,(H,48,49). The summed E-state index contributed by atoms with van der Waals surface area (Å²) in [6.45, 7) is 0. The van der Waals surface area contributed by atoms with Gasteiger partial charge in [0.2, 0.25) is 0 Å². The zero-order valence-electron chi connectivity index (χ0n) is 27.5. The van der Waals surface area contributed by atoms with E-state index in [9.17, 15) is 9.90 Å². The molecule has 0 spiro atoms. The smallest absolute Gasteiger partial charge is 0.409 e. The van der Waals surface area contributed by atoms with Gasteiger partial charge in [0.05, 0.1) is 20.3 Å². The molecule has 0 saturated heterocycles. The van der Waals surface area contributed by atoms with Gasteiger partial charge in [0.1, 0.15) is 17.6 Å². The van der Waals surface area contributed by atoms with Gasteiger partial charge in [0, 0.05) is 28.4 Å². The van der Waals surface area contributed by atoms with Crippen molar-refractivity contribution < 1.29 is 9.90 Å². The number of benzene rings is 5. The SMILES string of the molecule is CSc1ccc(-c2ncnc3ccc(-c4cn(C(c5ccccc5)(c5ccccc5)c5ccccc5)nc4-c4ccc(NC(=O)O)cc4)cc23)s1. The van der Waals surface area contributed by atoms with Crippen LogP contribution in [0.25, 0.3) is 43.9 Å². The number of nitrogens with zero attached hydrogens (tertiary/aromatic N) is 4.